The highest BCUT2D eigenvalue weighted by atomic mass is 32.1. The molecule has 0 bridgehead atoms. The Morgan fingerprint density at radius 2 is 2.16 bits per heavy atom. The van der Waals surface area contributed by atoms with Crippen LogP contribution >= 0.6 is 11.3 Å². The number of hydrogen-bond donors (Lipinski definition) is 3. The molecule has 0 aliphatic carbocycles. The average molecular weight is 279 g/mol. The summed E-state index contributed by atoms with van der Waals surface area (Å²) < 4.78 is 1.08. The molecule has 19 heavy (non-hydrogen) atoms. The third-order valence-corrected chi connectivity index (χ3v) is 3.71. The number of anilines is 2. The van der Waals surface area contributed by atoms with Crippen LogP contribution in [0.25, 0.3) is 10.2 Å². The van der Waals surface area contributed by atoms with Crippen molar-refractivity contribution in [2.75, 3.05) is 17.6 Å². The van der Waals surface area contributed by atoms with Crippen LogP contribution in [0, 0.1) is 5.41 Å². The van der Waals surface area contributed by atoms with Gasteiger partial charge in [0.05, 0.1) is 27.7 Å². The fourth-order valence-corrected chi connectivity index (χ4v) is 2.81. The average Bonchev–Trinajstić information content (AvgIpc) is 2.74. The van der Waals surface area contributed by atoms with Crippen molar-refractivity contribution in [1.82, 2.24) is 4.98 Å². The Labute approximate surface area is 117 Å². The minimum atomic E-state index is -0.384. The Bertz CT molecular complexity index is 559. The van der Waals surface area contributed by atoms with Crippen molar-refractivity contribution in [3.63, 3.8) is 0 Å². The molecule has 1 aromatic carbocycles. The van der Waals surface area contributed by atoms with E-state index in [0.717, 1.165) is 22.3 Å². The van der Waals surface area contributed by atoms with Crippen LogP contribution in [0.3, 0.4) is 0 Å². The molecule has 2 rings (SSSR count). The predicted octanol–water partition coefficient (Wildman–Crippen LogP) is 3.09. The van der Waals surface area contributed by atoms with Gasteiger partial charge in [0.25, 0.3) is 0 Å². The van der Waals surface area contributed by atoms with Gasteiger partial charge in [0.1, 0.15) is 5.52 Å². The van der Waals surface area contributed by atoms with E-state index in [1.165, 1.54) is 0 Å². The SMILES string of the molecule is CC(C)(C)CC(O)CNc1ccc2scnc2c1N. The van der Waals surface area contributed by atoms with Gasteiger partial charge in [-0.2, -0.15) is 0 Å². The highest BCUT2D eigenvalue weighted by molar-refractivity contribution is 7.16. The Balaban J connectivity index is 2.03. The van der Waals surface area contributed by atoms with Crippen molar-refractivity contribution >= 4 is 32.9 Å². The third kappa shape index (κ3) is 3.58. The van der Waals surface area contributed by atoms with Crippen LogP contribution in [0.4, 0.5) is 11.4 Å². The molecule has 0 saturated heterocycles. The molecule has 0 aliphatic rings. The third-order valence-electron chi connectivity index (χ3n) is 2.92. The second kappa shape index (κ2) is 5.35. The molecule has 1 aromatic heterocycles. The van der Waals surface area contributed by atoms with Gasteiger partial charge in [-0.1, -0.05) is 20.8 Å². The molecule has 5 heteroatoms. The van der Waals surface area contributed by atoms with Gasteiger partial charge in [0.15, 0.2) is 0 Å². The number of aliphatic hydroxyl groups is 1. The van der Waals surface area contributed by atoms with E-state index in [1.54, 1.807) is 16.8 Å². The maximum atomic E-state index is 9.99. The number of hydrogen-bond acceptors (Lipinski definition) is 5. The van der Waals surface area contributed by atoms with E-state index in [4.69, 9.17) is 5.73 Å². The zero-order valence-electron chi connectivity index (χ0n) is 11.6. The molecule has 0 fully saturated rings. The fourth-order valence-electron chi connectivity index (χ4n) is 2.11. The summed E-state index contributed by atoms with van der Waals surface area (Å²) in [7, 11) is 0. The van der Waals surface area contributed by atoms with Crippen molar-refractivity contribution in [3.8, 4) is 0 Å². The van der Waals surface area contributed by atoms with Gasteiger partial charge in [0.2, 0.25) is 0 Å². The van der Waals surface area contributed by atoms with Crippen LogP contribution in [-0.2, 0) is 0 Å². The van der Waals surface area contributed by atoms with Gasteiger partial charge in [-0.05, 0) is 24.0 Å². The molecular formula is C14H21N3OS. The summed E-state index contributed by atoms with van der Waals surface area (Å²) >= 11 is 1.57. The molecule has 104 valence electrons. The molecule has 0 radical (unpaired) electrons. The van der Waals surface area contributed by atoms with Crippen LogP contribution in [-0.4, -0.2) is 22.7 Å². The summed E-state index contributed by atoms with van der Waals surface area (Å²) in [6.07, 6.45) is 0.365. The summed E-state index contributed by atoms with van der Waals surface area (Å²) in [6.45, 7) is 6.85. The quantitative estimate of drug-likeness (QED) is 0.752. The van der Waals surface area contributed by atoms with Gasteiger partial charge in [-0.25, -0.2) is 4.98 Å². The lowest BCUT2D eigenvalue weighted by Gasteiger charge is -2.23. The highest BCUT2D eigenvalue weighted by Crippen LogP contribution is 2.30. The number of rotatable bonds is 4. The standard InChI is InChI=1S/C14H21N3OS/c1-14(2,3)6-9(18)7-16-10-4-5-11-13(12(10)15)17-8-19-11/h4-5,8-9,16,18H,6-7,15H2,1-3H3. The lowest BCUT2D eigenvalue weighted by Crippen LogP contribution is -2.25. The lowest BCUT2D eigenvalue weighted by atomic mass is 9.89. The Kier molecular flexibility index (Phi) is 3.96. The molecular weight excluding hydrogens is 258 g/mol. The number of aliphatic hydroxyl groups excluding tert-OH is 1. The van der Waals surface area contributed by atoms with Crippen molar-refractivity contribution in [2.24, 2.45) is 5.41 Å². The van der Waals surface area contributed by atoms with E-state index in [2.05, 4.69) is 31.1 Å². The van der Waals surface area contributed by atoms with E-state index >= 15 is 0 Å². The Morgan fingerprint density at radius 1 is 1.42 bits per heavy atom. The van der Waals surface area contributed by atoms with Gasteiger partial charge >= 0.3 is 0 Å². The van der Waals surface area contributed by atoms with E-state index in [9.17, 15) is 5.11 Å². The summed E-state index contributed by atoms with van der Waals surface area (Å²) in [6, 6.07) is 3.95. The highest BCUT2D eigenvalue weighted by Gasteiger charge is 2.17. The summed E-state index contributed by atoms with van der Waals surface area (Å²) in [5.41, 5.74) is 10.3. The number of nitrogens with zero attached hydrogens (tertiary/aromatic N) is 1. The topological polar surface area (TPSA) is 71.2 Å². The first-order valence-electron chi connectivity index (χ1n) is 6.40. The smallest absolute Gasteiger partial charge is 0.106 e. The molecule has 0 amide bonds. The first-order chi connectivity index (χ1) is 8.87. The second-order valence-corrected chi connectivity index (χ2v) is 6.91. The first-order valence-corrected chi connectivity index (χ1v) is 7.28. The summed E-state index contributed by atoms with van der Waals surface area (Å²) in [5.74, 6) is 0. The van der Waals surface area contributed by atoms with Crippen LogP contribution < -0.4 is 11.1 Å². The Morgan fingerprint density at radius 3 is 2.84 bits per heavy atom. The maximum Gasteiger partial charge on any atom is 0.106 e. The van der Waals surface area contributed by atoms with Crippen molar-refractivity contribution < 1.29 is 5.11 Å². The van der Waals surface area contributed by atoms with Crippen LogP contribution in [0.15, 0.2) is 17.6 Å². The predicted molar refractivity (Wildman–Crippen MR) is 82.6 cm³/mol. The number of fused-ring (bicyclic) bond motifs is 1. The van der Waals surface area contributed by atoms with Crippen LogP contribution in [0.1, 0.15) is 27.2 Å². The molecule has 0 saturated carbocycles. The van der Waals surface area contributed by atoms with Gasteiger partial charge < -0.3 is 16.2 Å². The van der Waals surface area contributed by atoms with E-state index in [1.807, 2.05) is 12.1 Å². The summed E-state index contributed by atoms with van der Waals surface area (Å²) in [4.78, 5) is 4.26. The largest absolute Gasteiger partial charge is 0.395 e. The maximum absolute atomic E-state index is 9.99. The molecule has 1 heterocycles. The molecule has 1 unspecified atom stereocenters. The van der Waals surface area contributed by atoms with Gasteiger partial charge in [-0.15, -0.1) is 11.3 Å². The van der Waals surface area contributed by atoms with Crippen molar-refractivity contribution in [1.29, 1.82) is 0 Å². The number of nitrogen functional groups attached to an aromatic ring is 1. The monoisotopic (exact) mass is 279 g/mol. The van der Waals surface area contributed by atoms with Gasteiger partial charge in [-0.3, -0.25) is 0 Å². The number of aromatic nitrogens is 1. The minimum absolute atomic E-state index is 0.117. The summed E-state index contributed by atoms with van der Waals surface area (Å²) in [5, 5.41) is 13.2. The van der Waals surface area contributed by atoms with E-state index in [0.29, 0.717) is 12.2 Å². The number of nitrogens with one attached hydrogen (secondary N) is 1. The number of benzene rings is 1. The molecule has 0 aliphatic heterocycles. The second-order valence-electron chi connectivity index (χ2n) is 6.03. The molecule has 2 aromatic rings. The zero-order valence-corrected chi connectivity index (χ0v) is 12.4. The van der Waals surface area contributed by atoms with E-state index in [-0.39, 0.29) is 11.5 Å². The molecule has 4 nitrogen and oxygen atoms in total. The molecule has 0 spiro atoms. The zero-order chi connectivity index (χ0) is 14.0. The normalized spacial score (nSPS) is 13.7. The number of thiazole rings is 1. The molecule has 4 N–H and O–H groups in total. The van der Waals surface area contributed by atoms with Crippen LogP contribution in [0.5, 0.6) is 0 Å². The van der Waals surface area contributed by atoms with Crippen molar-refractivity contribution in [2.45, 2.75) is 33.3 Å². The minimum Gasteiger partial charge on any atom is -0.395 e. The van der Waals surface area contributed by atoms with Crippen LogP contribution in [0.2, 0.25) is 0 Å². The van der Waals surface area contributed by atoms with Crippen molar-refractivity contribution in [3.05, 3.63) is 17.6 Å². The lowest BCUT2D eigenvalue weighted by molar-refractivity contribution is 0.132. The van der Waals surface area contributed by atoms with Gasteiger partial charge in [0, 0.05) is 6.54 Å². The Hall–Kier alpha value is -1.33. The first kappa shape index (κ1) is 14.1. The number of nitrogens with two attached hydrogens (primary N) is 1. The fraction of sp³-hybridized carbons (Fsp3) is 0.500. The molecule has 1 atom stereocenters. The van der Waals surface area contributed by atoms with E-state index < -0.39 is 0 Å².